The number of carboxylic acid groups (broad SMARTS) is 1. The van der Waals surface area contributed by atoms with Gasteiger partial charge in [-0.25, -0.2) is 4.39 Å². The van der Waals surface area contributed by atoms with Crippen molar-refractivity contribution >= 4 is 34.7 Å². The van der Waals surface area contributed by atoms with E-state index in [4.69, 9.17) is 5.11 Å². The Hall–Kier alpha value is -3.78. The van der Waals surface area contributed by atoms with Crippen LogP contribution in [0.25, 0.3) is 0 Å². The molecule has 0 saturated carbocycles. The number of amides is 1. The number of anilines is 1. The van der Waals surface area contributed by atoms with Crippen molar-refractivity contribution in [2.45, 2.75) is 12.5 Å². The van der Waals surface area contributed by atoms with E-state index in [0.29, 0.717) is 16.1 Å². The van der Waals surface area contributed by atoms with Crippen LogP contribution in [0.3, 0.4) is 0 Å². The predicted molar refractivity (Wildman–Crippen MR) is 113 cm³/mol. The lowest BCUT2D eigenvalue weighted by Crippen LogP contribution is -2.31. The summed E-state index contributed by atoms with van der Waals surface area (Å²) in [5.41, 5.74) is 0.673. The number of aliphatic carboxylic acids is 1. The molecule has 0 spiro atoms. The highest BCUT2D eigenvalue weighted by atomic mass is 32.1. The zero-order valence-corrected chi connectivity index (χ0v) is 16.8. The standard InChI is InChI=1S/C23H16FNO5S/c24-16-5-2-1-4-15(16)20-19(21(28)17-6-3-11-31-17)22(29)23(30)25(20)14-9-7-13(8-10-14)12-18(26)27/h1-11,20,29H,12H2,(H,26,27). The number of carboxylic acids is 1. The van der Waals surface area contributed by atoms with Gasteiger partial charge in [-0.1, -0.05) is 36.4 Å². The van der Waals surface area contributed by atoms with Crippen LogP contribution in [-0.2, 0) is 16.0 Å². The zero-order valence-electron chi connectivity index (χ0n) is 16.0. The number of carbonyl (C=O) groups is 3. The van der Waals surface area contributed by atoms with E-state index in [-0.39, 0.29) is 17.6 Å². The Morgan fingerprint density at radius 3 is 2.35 bits per heavy atom. The lowest BCUT2D eigenvalue weighted by Gasteiger charge is -2.27. The third kappa shape index (κ3) is 3.73. The number of Topliss-reactive ketones (excluding diaryl/α,β-unsaturated/α-hetero) is 1. The van der Waals surface area contributed by atoms with Crippen LogP contribution in [0.15, 0.2) is 77.4 Å². The van der Waals surface area contributed by atoms with Gasteiger partial charge in [-0.05, 0) is 35.2 Å². The van der Waals surface area contributed by atoms with Crippen molar-refractivity contribution in [3.8, 4) is 0 Å². The van der Waals surface area contributed by atoms with Crippen LogP contribution >= 0.6 is 11.3 Å². The molecule has 6 nitrogen and oxygen atoms in total. The maximum absolute atomic E-state index is 14.8. The molecule has 0 fully saturated rings. The molecule has 2 heterocycles. The van der Waals surface area contributed by atoms with Gasteiger partial charge in [-0.3, -0.25) is 19.3 Å². The fourth-order valence-electron chi connectivity index (χ4n) is 3.58. The maximum Gasteiger partial charge on any atom is 0.307 e. The predicted octanol–water partition coefficient (Wildman–Crippen LogP) is 4.30. The molecule has 0 saturated heterocycles. The van der Waals surface area contributed by atoms with Crippen molar-refractivity contribution < 1.29 is 29.0 Å². The zero-order chi connectivity index (χ0) is 22.1. The molecule has 1 aromatic heterocycles. The Bertz CT molecular complexity index is 1200. The Labute approximate surface area is 180 Å². The summed E-state index contributed by atoms with van der Waals surface area (Å²) in [7, 11) is 0. The maximum atomic E-state index is 14.8. The van der Waals surface area contributed by atoms with E-state index in [1.165, 1.54) is 42.5 Å². The van der Waals surface area contributed by atoms with Crippen molar-refractivity contribution in [2.24, 2.45) is 0 Å². The van der Waals surface area contributed by atoms with E-state index < -0.39 is 35.3 Å². The number of hydrogen-bond donors (Lipinski definition) is 2. The first kappa shape index (κ1) is 20.5. The summed E-state index contributed by atoms with van der Waals surface area (Å²) < 4.78 is 14.8. The van der Waals surface area contributed by atoms with Crippen LogP contribution in [0.4, 0.5) is 10.1 Å². The normalized spacial score (nSPS) is 16.1. The van der Waals surface area contributed by atoms with Gasteiger partial charge in [-0.2, -0.15) is 0 Å². The van der Waals surface area contributed by atoms with E-state index in [1.54, 1.807) is 23.6 Å². The number of ketones is 1. The number of benzene rings is 2. The lowest BCUT2D eigenvalue weighted by molar-refractivity contribution is -0.136. The molecule has 2 N–H and O–H groups in total. The number of rotatable bonds is 6. The second-order valence-corrected chi connectivity index (χ2v) is 7.85. The largest absolute Gasteiger partial charge is 0.503 e. The summed E-state index contributed by atoms with van der Waals surface area (Å²) in [5.74, 6) is -3.75. The van der Waals surface area contributed by atoms with Crippen LogP contribution in [0.5, 0.6) is 0 Å². The van der Waals surface area contributed by atoms with E-state index in [9.17, 15) is 23.9 Å². The molecule has 0 bridgehead atoms. The van der Waals surface area contributed by atoms with E-state index >= 15 is 0 Å². The molecule has 3 aromatic rings. The van der Waals surface area contributed by atoms with Crippen LogP contribution in [0.1, 0.15) is 26.8 Å². The molecule has 1 aliphatic rings. The highest BCUT2D eigenvalue weighted by molar-refractivity contribution is 7.12. The number of nitrogens with zero attached hydrogens (tertiary/aromatic N) is 1. The molecule has 4 rings (SSSR count). The quantitative estimate of drug-likeness (QED) is 0.561. The SMILES string of the molecule is O=C(O)Cc1ccc(N2C(=O)C(O)=C(C(=O)c3cccs3)C2c2ccccc2F)cc1. The Morgan fingerprint density at radius 1 is 1.03 bits per heavy atom. The molecule has 1 atom stereocenters. The molecule has 31 heavy (non-hydrogen) atoms. The minimum Gasteiger partial charge on any atom is -0.503 e. The van der Waals surface area contributed by atoms with Gasteiger partial charge in [-0.15, -0.1) is 11.3 Å². The molecule has 2 aromatic carbocycles. The first-order valence-electron chi connectivity index (χ1n) is 9.28. The first-order valence-corrected chi connectivity index (χ1v) is 10.2. The molecular formula is C23H16FNO5S. The van der Waals surface area contributed by atoms with Gasteiger partial charge < -0.3 is 10.2 Å². The Kier molecular flexibility index (Phi) is 5.39. The lowest BCUT2D eigenvalue weighted by atomic mass is 9.94. The van der Waals surface area contributed by atoms with Crippen LogP contribution < -0.4 is 4.90 Å². The minimum absolute atomic E-state index is 0.0643. The first-order chi connectivity index (χ1) is 14.9. The van der Waals surface area contributed by atoms with Gasteiger partial charge in [0.15, 0.2) is 5.76 Å². The second-order valence-electron chi connectivity index (χ2n) is 6.90. The molecule has 8 heteroatoms. The minimum atomic E-state index is -1.17. The number of aliphatic hydroxyl groups is 1. The van der Waals surface area contributed by atoms with Gasteiger partial charge >= 0.3 is 5.97 Å². The topological polar surface area (TPSA) is 94.9 Å². The summed E-state index contributed by atoms with van der Waals surface area (Å²) >= 11 is 1.15. The number of carbonyl (C=O) groups excluding carboxylic acids is 2. The van der Waals surface area contributed by atoms with Crippen molar-refractivity contribution in [1.29, 1.82) is 0 Å². The fraction of sp³-hybridized carbons (Fsp3) is 0.0870. The van der Waals surface area contributed by atoms with E-state index in [0.717, 1.165) is 16.2 Å². The highest BCUT2D eigenvalue weighted by Gasteiger charge is 2.45. The average Bonchev–Trinajstić information content (AvgIpc) is 3.36. The average molecular weight is 437 g/mol. The summed E-state index contributed by atoms with van der Waals surface area (Å²) in [6.45, 7) is 0. The van der Waals surface area contributed by atoms with Gasteiger partial charge in [0, 0.05) is 11.3 Å². The van der Waals surface area contributed by atoms with Crippen molar-refractivity contribution in [3.63, 3.8) is 0 Å². The van der Waals surface area contributed by atoms with Crippen LogP contribution in [0.2, 0.25) is 0 Å². The number of halogens is 1. The number of thiophene rings is 1. The summed E-state index contributed by atoms with van der Waals surface area (Å²) in [6.07, 6.45) is -0.198. The Balaban J connectivity index is 1.83. The fourth-order valence-corrected chi connectivity index (χ4v) is 4.26. The van der Waals surface area contributed by atoms with Gasteiger partial charge in [0.25, 0.3) is 5.91 Å². The number of hydrogen-bond acceptors (Lipinski definition) is 5. The van der Waals surface area contributed by atoms with Crippen molar-refractivity contribution in [3.05, 3.63) is 99.2 Å². The summed E-state index contributed by atoms with van der Waals surface area (Å²) in [4.78, 5) is 38.5. The van der Waals surface area contributed by atoms with Crippen LogP contribution in [0, 0.1) is 5.82 Å². The molecule has 1 unspecified atom stereocenters. The highest BCUT2D eigenvalue weighted by Crippen LogP contribution is 2.43. The Morgan fingerprint density at radius 2 is 1.74 bits per heavy atom. The molecule has 1 amide bonds. The van der Waals surface area contributed by atoms with Gasteiger partial charge in [0.05, 0.1) is 22.9 Å². The summed E-state index contributed by atoms with van der Waals surface area (Å²) in [5, 5.41) is 21.3. The van der Waals surface area contributed by atoms with Gasteiger partial charge in [0.1, 0.15) is 5.82 Å². The molecule has 0 aliphatic carbocycles. The smallest absolute Gasteiger partial charge is 0.307 e. The molecule has 156 valence electrons. The third-order valence-electron chi connectivity index (χ3n) is 4.97. The molecule has 1 aliphatic heterocycles. The van der Waals surface area contributed by atoms with Gasteiger partial charge in [0.2, 0.25) is 5.78 Å². The van der Waals surface area contributed by atoms with Crippen LogP contribution in [-0.4, -0.2) is 27.9 Å². The van der Waals surface area contributed by atoms with Crippen molar-refractivity contribution in [2.75, 3.05) is 4.90 Å². The summed E-state index contributed by atoms with van der Waals surface area (Å²) in [6, 6.07) is 13.9. The number of aliphatic hydroxyl groups excluding tert-OH is 1. The van der Waals surface area contributed by atoms with E-state index in [2.05, 4.69) is 0 Å². The molecule has 0 radical (unpaired) electrons. The third-order valence-corrected chi connectivity index (χ3v) is 5.84. The van der Waals surface area contributed by atoms with E-state index in [1.807, 2.05) is 0 Å². The monoisotopic (exact) mass is 437 g/mol. The molecular weight excluding hydrogens is 421 g/mol. The second kappa shape index (κ2) is 8.16. The van der Waals surface area contributed by atoms with Crippen molar-refractivity contribution in [1.82, 2.24) is 0 Å².